The minimum atomic E-state index is -0.356. The molecule has 0 amide bonds. The van der Waals surface area contributed by atoms with Gasteiger partial charge in [0.2, 0.25) is 0 Å². The summed E-state index contributed by atoms with van der Waals surface area (Å²) in [6.45, 7) is 0.0815. The van der Waals surface area contributed by atoms with E-state index in [0.717, 1.165) is 0 Å². The highest BCUT2D eigenvalue weighted by Gasteiger charge is 2.06. The molecule has 5 heteroatoms. The number of nitrogen functional groups attached to an aromatic ring is 1. The van der Waals surface area contributed by atoms with E-state index in [-0.39, 0.29) is 12.4 Å². The number of hydrogen-bond donors (Lipinski definition) is 1. The molecule has 0 aliphatic heterocycles. The first-order valence-electron chi connectivity index (χ1n) is 5.60. The minimum Gasteiger partial charge on any atom is -0.495 e. The first-order valence-corrected chi connectivity index (χ1v) is 5.98. The molecule has 2 aromatic rings. The van der Waals surface area contributed by atoms with Crippen LogP contribution in [-0.2, 0) is 6.61 Å². The largest absolute Gasteiger partial charge is 0.495 e. The molecular weight excluding hydrogens is 269 g/mol. The normalized spacial score (nSPS) is 10.3. The minimum absolute atomic E-state index is 0.0815. The molecule has 0 aromatic heterocycles. The van der Waals surface area contributed by atoms with Crippen molar-refractivity contribution in [3.8, 4) is 11.5 Å². The fourth-order valence-corrected chi connectivity index (χ4v) is 1.81. The second-order valence-electron chi connectivity index (χ2n) is 3.93. The van der Waals surface area contributed by atoms with Gasteiger partial charge >= 0.3 is 0 Å². The van der Waals surface area contributed by atoms with Crippen molar-refractivity contribution in [1.29, 1.82) is 0 Å². The van der Waals surface area contributed by atoms with E-state index in [1.54, 1.807) is 18.2 Å². The Morgan fingerprint density at radius 1 is 1.21 bits per heavy atom. The van der Waals surface area contributed by atoms with Gasteiger partial charge in [-0.05, 0) is 30.3 Å². The topological polar surface area (TPSA) is 44.5 Å². The van der Waals surface area contributed by atoms with Gasteiger partial charge in [0, 0.05) is 16.7 Å². The summed E-state index contributed by atoms with van der Waals surface area (Å²) >= 11 is 5.80. The monoisotopic (exact) mass is 281 g/mol. The Morgan fingerprint density at radius 3 is 2.68 bits per heavy atom. The van der Waals surface area contributed by atoms with E-state index in [9.17, 15) is 4.39 Å². The number of rotatable bonds is 4. The highest BCUT2D eigenvalue weighted by Crippen LogP contribution is 2.26. The predicted molar refractivity (Wildman–Crippen MR) is 73.1 cm³/mol. The third kappa shape index (κ3) is 3.29. The smallest absolute Gasteiger partial charge is 0.142 e. The van der Waals surface area contributed by atoms with Gasteiger partial charge in [0.1, 0.15) is 23.9 Å². The van der Waals surface area contributed by atoms with Crippen LogP contribution in [0, 0.1) is 5.82 Å². The summed E-state index contributed by atoms with van der Waals surface area (Å²) in [7, 11) is 1.54. The summed E-state index contributed by atoms with van der Waals surface area (Å²) in [6, 6.07) is 9.36. The molecule has 0 bridgehead atoms. The van der Waals surface area contributed by atoms with E-state index in [1.165, 1.54) is 25.3 Å². The van der Waals surface area contributed by atoms with Crippen LogP contribution in [-0.4, -0.2) is 7.11 Å². The van der Waals surface area contributed by atoms with Crippen LogP contribution in [0.2, 0.25) is 5.02 Å². The highest BCUT2D eigenvalue weighted by atomic mass is 35.5. The lowest BCUT2D eigenvalue weighted by Gasteiger charge is -2.10. The molecule has 0 saturated heterocycles. The lowest BCUT2D eigenvalue weighted by Crippen LogP contribution is -1.99. The van der Waals surface area contributed by atoms with Crippen molar-refractivity contribution >= 4 is 17.3 Å². The van der Waals surface area contributed by atoms with Crippen molar-refractivity contribution in [2.24, 2.45) is 0 Å². The molecule has 0 spiro atoms. The van der Waals surface area contributed by atoms with E-state index in [0.29, 0.717) is 27.8 Å². The Labute approximate surface area is 115 Å². The van der Waals surface area contributed by atoms with Crippen molar-refractivity contribution in [3.63, 3.8) is 0 Å². The van der Waals surface area contributed by atoms with Gasteiger partial charge < -0.3 is 15.2 Å². The van der Waals surface area contributed by atoms with Crippen molar-refractivity contribution < 1.29 is 13.9 Å². The van der Waals surface area contributed by atoms with Crippen LogP contribution in [0.4, 0.5) is 10.1 Å². The fourth-order valence-electron chi connectivity index (χ4n) is 1.62. The summed E-state index contributed by atoms with van der Waals surface area (Å²) in [5.74, 6) is 0.754. The van der Waals surface area contributed by atoms with E-state index < -0.39 is 0 Å². The highest BCUT2D eigenvalue weighted by molar-refractivity contribution is 6.30. The molecule has 2 rings (SSSR count). The van der Waals surface area contributed by atoms with Gasteiger partial charge in [-0.2, -0.15) is 0 Å². The zero-order valence-electron chi connectivity index (χ0n) is 10.3. The van der Waals surface area contributed by atoms with Crippen LogP contribution < -0.4 is 15.2 Å². The molecule has 0 aliphatic carbocycles. The van der Waals surface area contributed by atoms with Crippen LogP contribution in [0.1, 0.15) is 5.56 Å². The second-order valence-corrected chi connectivity index (χ2v) is 4.36. The third-order valence-corrected chi connectivity index (χ3v) is 2.84. The zero-order valence-corrected chi connectivity index (χ0v) is 11.1. The molecule has 2 N–H and O–H groups in total. The molecule has 0 atom stereocenters. The van der Waals surface area contributed by atoms with Gasteiger partial charge in [-0.15, -0.1) is 0 Å². The van der Waals surface area contributed by atoms with Crippen molar-refractivity contribution in [2.75, 3.05) is 12.8 Å². The summed E-state index contributed by atoms with van der Waals surface area (Å²) in [4.78, 5) is 0. The van der Waals surface area contributed by atoms with Gasteiger partial charge in [0.25, 0.3) is 0 Å². The number of hydrogen-bond acceptors (Lipinski definition) is 3. The van der Waals surface area contributed by atoms with Crippen molar-refractivity contribution in [1.82, 2.24) is 0 Å². The summed E-state index contributed by atoms with van der Waals surface area (Å²) in [6.07, 6.45) is 0. The average molecular weight is 282 g/mol. The second kappa shape index (κ2) is 5.80. The van der Waals surface area contributed by atoms with E-state index in [4.69, 9.17) is 26.8 Å². The molecule has 0 unspecified atom stereocenters. The van der Waals surface area contributed by atoms with Gasteiger partial charge in [-0.3, -0.25) is 0 Å². The molecule has 0 aliphatic rings. The lowest BCUT2D eigenvalue weighted by molar-refractivity contribution is 0.299. The van der Waals surface area contributed by atoms with Crippen LogP contribution in [0.3, 0.4) is 0 Å². The molecule has 0 radical (unpaired) electrons. The number of halogens is 2. The number of anilines is 1. The third-order valence-electron chi connectivity index (χ3n) is 2.60. The van der Waals surface area contributed by atoms with Gasteiger partial charge in [-0.25, -0.2) is 4.39 Å². The standard InChI is InChI=1S/C14H13ClFNO2/c1-18-14-5-3-11(7-13(14)17)19-8-9-6-10(15)2-4-12(9)16/h2-7H,8,17H2,1H3. The van der Waals surface area contributed by atoms with Crippen LogP contribution in [0.15, 0.2) is 36.4 Å². The summed E-state index contributed by atoms with van der Waals surface area (Å²) in [5, 5.41) is 0.467. The molecule has 3 nitrogen and oxygen atoms in total. The van der Waals surface area contributed by atoms with Crippen molar-refractivity contribution in [2.45, 2.75) is 6.61 Å². The van der Waals surface area contributed by atoms with E-state index in [1.807, 2.05) is 0 Å². The number of methoxy groups -OCH3 is 1. The first-order chi connectivity index (χ1) is 9.10. The predicted octanol–water partition coefficient (Wildman–Crippen LogP) is 3.65. The Bertz CT molecular complexity index is 590. The fraction of sp³-hybridized carbons (Fsp3) is 0.143. The first kappa shape index (κ1) is 13.5. The Kier molecular flexibility index (Phi) is 4.12. The molecule has 0 fully saturated rings. The molecule has 19 heavy (non-hydrogen) atoms. The number of nitrogens with two attached hydrogens (primary N) is 1. The van der Waals surface area contributed by atoms with Crippen LogP contribution >= 0.6 is 11.6 Å². The zero-order chi connectivity index (χ0) is 13.8. The van der Waals surface area contributed by atoms with Gasteiger partial charge in [0.05, 0.1) is 12.8 Å². The Balaban J connectivity index is 2.10. The molecule has 0 saturated carbocycles. The molecule has 2 aromatic carbocycles. The van der Waals surface area contributed by atoms with Crippen molar-refractivity contribution in [3.05, 3.63) is 52.8 Å². The summed E-state index contributed by atoms with van der Waals surface area (Å²) < 4.78 is 24.0. The molecular formula is C14H13ClFNO2. The van der Waals surface area contributed by atoms with Gasteiger partial charge in [0.15, 0.2) is 0 Å². The lowest BCUT2D eigenvalue weighted by atomic mass is 10.2. The van der Waals surface area contributed by atoms with E-state index in [2.05, 4.69) is 0 Å². The number of benzene rings is 2. The molecule has 0 heterocycles. The van der Waals surface area contributed by atoms with Crippen LogP contribution in [0.5, 0.6) is 11.5 Å². The summed E-state index contributed by atoms with van der Waals surface area (Å²) in [5.41, 5.74) is 6.61. The average Bonchev–Trinajstić information content (AvgIpc) is 2.40. The Morgan fingerprint density at radius 2 is 2.00 bits per heavy atom. The van der Waals surface area contributed by atoms with E-state index >= 15 is 0 Å². The maximum atomic E-state index is 13.5. The molecule has 100 valence electrons. The maximum Gasteiger partial charge on any atom is 0.142 e. The Hall–Kier alpha value is -1.94. The van der Waals surface area contributed by atoms with Gasteiger partial charge in [-0.1, -0.05) is 11.6 Å². The quantitative estimate of drug-likeness (QED) is 0.870. The maximum absolute atomic E-state index is 13.5. The van der Waals surface area contributed by atoms with Crippen LogP contribution in [0.25, 0.3) is 0 Å². The SMILES string of the molecule is COc1ccc(OCc2cc(Cl)ccc2F)cc1N. The number of ether oxygens (including phenoxy) is 2.